The van der Waals surface area contributed by atoms with E-state index in [1.54, 1.807) is 11.8 Å². The van der Waals surface area contributed by atoms with E-state index >= 15 is 0 Å². The van der Waals surface area contributed by atoms with Gasteiger partial charge in [-0.05, 0) is 65.6 Å². The second-order valence-corrected chi connectivity index (χ2v) is 15.2. The molecule has 0 saturated heterocycles. The predicted molar refractivity (Wildman–Crippen MR) is 197 cm³/mol. The molecule has 2 aliphatic heterocycles. The Labute approximate surface area is 280 Å². The number of carbonyl (C=O) groups excluding carboxylic acids is 1. The summed E-state index contributed by atoms with van der Waals surface area (Å²) >= 11 is 3.87. The number of hydrogen-bond donors (Lipinski definition) is 0. The maximum absolute atomic E-state index is 13.5. The Hall–Kier alpha value is -3.01. The van der Waals surface area contributed by atoms with E-state index in [2.05, 4.69) is 130 Å². The third-order valence-corrected chi connectivity index (χ3v) is 12.7. The Morgan fingerprint density at radius 1 is 0.622 bits per heavy atom. The molecule has 0 fully saturated rings. The van der Waals surface area contributed by atoms with Gasteiger partial charge in [-0.25, -0.2) is 0 Å². The molecule has 2 heterocycles. The van der Waals surface area contributed by atoms with E-state index in [0.717, 1.165) is 31.2 Å². The first-order valence-corrected chi connectivity index (χ1v) is 18.6. The van der Waals surface area contributed by atoms with Crippen LogP contribution in [-0.4, -0.2) is 15.3 Å². The highest BCUT2D eigenvalue weighted by atomic mass is 32.2. The van der Waals surface area contributed by atoms with Gasteiger partial charge in [-0.1, -0.05) is 157 Å². The van der Waals surface area contributed by atoms with Crippen molar-refractivity contribution in [3.05, 3.63) is 138 Å². The molecule has 4 aromatic rings. The van der Waals surface area contributed by atoms with Gasteiger partial charge in [-0.15, -0.1) is 23.5 Å². The molecule has 0 amide bonds. The van der Waals surface area contributed by atoms with Crippen LogP contribution in [0.2, 0.25) is 0 Å². The minimum absolute atomic E-state index is 0.120. The fraction of sp³-hybridized carbons (Fsp3) is 0.357. The molecule has 234 valence electrons. The lowest BCUT2D eigenvalue weighted by Crippen LogP contribution is -2.41. The molecule has 4 aromatic carbocycles. The van der Waals surface area contributed by atoms with Gasteiger partial charge in [0.05, 0.1) is 10.7 Å². The Morgan fingerprint density at radius 2 is 1.22 bits per heavy atom. The molecule has 1 nitrogen and oxygen atoms in total. The van der Waals surface area contributed by atoms with Gasteiger partial charge in [-0.3, -0.25) is 4.79 Å². The summed E-state index contributed by atoms with van der Waals surface area (Å²) in [6.45, 7) is 8.98. The molecule has 45 heavy (non-hydrogen) atoms. The van der Waals surface area contributed by atoms with Gasteiger partial charge in [0.1, 0.15) is 0 Å². The monoisotopic (exact) mass is 632 g/mol. The fourth-order valence-electron chi connectivity index (χ4n) is 6.69. The van der Waals surface area contributed by atoms with Gasteiger partial charge >= 0.3 is 0 Å². The maximum Gasteiger partial charge on any atom is 0.161 e. The number of rotatable bonds is 10. The van der Waals surface area contributed by atoms with Gasteiger partial charge in [0.2, 0.25) is 0 Å². The largest absolute Gasteiger partial charge is 0.297 e. The fourth-order valence-corrected chi connectivity index (χ4v) is 9.61. The summed E-state index contributed by atoms with van der Waals surface area (Å²) in [4.78, 5) is 16.2. The summed E-state index contributed by atoms with van der Waals surface area (Å²) in [7, 11) is 0. The van der Waals surface area contributed by atoms with E-state index in [9.17, 15) is 4.79 Å². The summed E-state index contributed by atoms with van der Waals surface area (Å²) < 4.78 is -0.0274. The standard InChI is InChI=1S/C21H24OS.C21H24S/c1-3-5-15-21(4-2)20(22)19(16-11-7-6-8-12-16)17-13-9-10-14-18(17)23-21;1-3-5-15-21(4-2)16-19(17-11-7-6-8-12-17)18-13-9-10-14-20(18)22-21/h6-14,19H,3-5,15H2,1-2H3;6-14,16H,3-5,15H2,1-2H3. The first kappa shape index (κ1) is 33.4. The van der Waals surface area contributed by atoms with Crippen LogP contribution in [0.15, 0.2) is 125 Å². The number of unbranched alkanes of at least 4 members (excludes halogenated alkanes) is 2. The number of benzene rings is 4. The number of carbonyl (C=O) groups is 1. The highest BCUT2D eigenvalue weighted by Gasteiger charge is 2.46. The molecule has 3 heteroatoms. The van der Waals surface area contributed by atoms with Crippen LogP contribution in [0.4, 0.5) is 0 Å². The summed E-state index contributed by atoms with van der Waals surface area (Å²) in [6.07, 6.45) is 11.7. The van der Waals surface area contributed by atoms with Crippen LogP contribution in [0.5, 0.6) is 0 Å². The number of hydrogen-bond acceptors (Lipinski definition) is 3. The van der Waals surface area contributed by atoms with Crippen LogP contribution in [-0.2, 0) is 4.79 Å². The van der Waals surface area contributed by atoms with Gasteiger partial charge in [0, 0.05) is 14.5 Å². The normalized spacial score (nSPS) is 22.0. The molecule has 0 radical (unpaired) electrons. The zero-order valence-corrected chi connectivity index (χ0v) is 29.1. The summed E-state index contributed by atoms with van der Waals surface area (Å²) in [5.74, 6) is 0.272. The van der Waals surface area contributed by atoms with E-state index in [1.165, 1.54) is 57.7 Å². The third kappa shape index (κ3) is 7.36. The second kappa shape index (κ2) is 15.5. The minimum atomic E-state index is -0.273. The maximum atomic E-state index is 13.5. The first-order valence-electron chi connectivity index (χ1n) is 16.9. The predicted octanol–water partition coefficient (Wildman–Crippen LogP) is 12.4. The number of thioether (sulfide) groups is 2. The van der Waals surface area contributed by atoms with Gasteiger partial charge in [-0.2, -0.15) is 0 Å². The van der Waals surface area contributed by atoms with Gasteiger partial charge < -0.3 is 0 Å². The van der Waals surface area contributed by atoms with Crippen molar-refractivity contribution >= 4 is 34.9 Å². The average molecular weight is 633 g/mol. The van der Waals surface area contributed by atoms with Crippen molar-refractivity contribution in [2.24, 2.45) is 0 Å². The topological polar surface area (TPSA) is 17.1 Å². The van der Waals surface area contributed by atoms with Crippen LogP contribution < -0.4 is 0 Å². The Kier molecular flexibility index (Phi) is 11.5. The Balaban J connectivity index is 0.000000178. The van der Waals surface area contributed by atoms with Crippen molar-refractivity contribution in [2.45, 2.75) is 104 Å². The van der Waals surface area contributed by atoms with Crippen LogP contribution in [0, 0.1) is 0 Å². The molecule has 3 atom stereocenters. The van der Waals surface area contributed by atoms with Crippen molar-refractivity contribution in [1.29, 1.82) is 0 Å². The lowest BCUT2D eigenvalue weighted by atomic mass is 9.78. The quantitative estimate of drug-likeness (QED) is 0.173. The molecule has 0 aliphatic carbocycles. The average Bonchev–Trinajstić information content (AvgIpc) is 3.10. The third-order valence-electron chi connectivity index (χ3n) is 9.42. The molecular weight excluding hydrogens is 585 g/mol. The van der Waals surface area contributed by atoms with Gasteiger partial charge in [0.15, 0.2) is 5.78 Å². The molecule has 2 aliphatic rings. The molecule has 0 N–H and O–H groups in total. The molecule has 6 rings (SSSR count). The molecule has 0 bridgehead atoms. The lowest BCUT2D eigenvalue weighted by Gasteiger charge is -2.39. The highest BCUT2D eigenvalue weighted by Crippen LogP contribution is 2.52. The van der Waals surface area contributed by atoms with Crippen molar-refractivity contribution < 1.29 is 4.79 Å². The summed E-state index contributed by atoms with van der Waals surface area (Å²) in [5.41, 5.74) is 6.44. The van der Waals surface area contributed by atoms with Crippen molar-refractivity contribution in [3.8, 4) is 0 Å². The van der Waals surface area contributed by atoms with Crippen LogP contribution in [0.25, 0.3) is 5.57 Å². The number of ketones is 1. The molecule has 0 spiro atoms. The van der Waals surface area contributed by atoms with E-state index in [4.69, 9.17) is 0 Å². The lowest BCUT2D eigenvalue weighted by molar-refractivity contribution is -0.122. The second-order valence-electron chi connectivity index (χ2n) is 12.3. The van der Waals surface area contributed by atoms with E-state index in [0.29, 0.717) is 5.78 Å². The van der Waals surface area contributed by atoms with Crippen molar-refractivity contribution in [1.82, 2.24) is 0 Å². The molecule has 0 saturated carbocycles. The van der Waals surface area contributed by atoms with Crippen molar-refractivity contribution in [3.63, 3.8) is 0 Å². The summed E-state index contributed by atoms with van der Waals surface area (Å²) in [5, 5.41) is 0. The van der Waals surface area contributed by atoms with Crippen LogP contribution in [0.3, 0.4) is 0 Å². The minimum Gasteiger partial charge on any atom is -0.297 e. The van der Waals surface area contributed by atoms with Crippen LogP contribution >= 0.6 is 23.5 Å². The first-order chi connectivity index (χ1) is 22.0. The zero-order chi connectivity index (χ0) is 31.7. The zero-order valence-electron chi connectivity index (χ0n) is 27.4. The van der Waals surface area contributed by atoms with Crippen LogP contribution in [0.1, 0.15) is 107 Å². The SMILES string of the molecule is CCCCC1(CC)C=C(c2ccccc2)c2ccccc2S1.CCCCC1(CC)Sc2ccccc2C(c2ccccc2)C1=O. The molecule has 3 unspecified atom stereocenters. The number of Topliss-reactive ketones (excluding diaryl/α,β-unsaturated/α-hetero) is 1. The number of fused-ring (bicyclic) bond motifs is 2. The Morgan fingerprint density at radius 3 is 1.89 bits per heavy atom. The Bertz CT molecular complexity index is 1580. The molecular formula is C42H48OS2. The summed E-state index contributed by atoms with van der Waals surface area (Å²) in [6, 6.07) is 38.4. The van der Waals surface area contributed by atoms with E-state index in [1.807, 2.05) is 24.3 Å². The van der Waals surface area contributed by atoms with E-state index < -0.39 is 0 Å². The smallest absolute Gasteiger partial charge is 0.161 e. The van der Waals surface area contributed by atoms with Crippen molar-refractivity contribution in [2.75, 3.05) is 0 Å². The highest BCUT2D eigenvalue weighted by molar-refractivity contribution is 8.01. The van der Waals surface area contributed by atoms with E-state index in [-0.39, 0.29) is 15.4 Å². The van der Waals surface area contributed by atoms with Gasteiger partial charge in [0.25, 0.3) is 0 Å². The molecule has 0 aromatic heterocycles.